The number of likely N-dealkylation sites (tertiary alicyclic amines) is 1. The molecule has 3 heteroatoms. The summed E-state index contributed by atoms with van der Waals surface area (Å²) in [6.07, 6.45) is 1.54. The maximum atomic E-state index is 10.9. The molecule has 0 aliphatic carbocycles. The molecule has 0 radical (unpaired) electrons. The minimum atomic E-state index is 0. The Balaban J connectivity index is 0.00000121. The van der Waals surface area contributed by atoms with Gasteiger partial charge in [0.1, 0.15) is 5.78 Å². The summed E-state index contributed by atoms with van der Waals surface area (Å²) in [5.74, 6) is 1.16. The minimum absolute atomic E-state index is 0. The Labute approximate surface area is 80.7 Å². The number of ketones is 1. The summed E-state index contributed by atoms with van der Waals surface area (Å²) in [4.78, 5) is 13.2. The monoisotopic (exact) mass is 191 g/mol. The molecule has 12 heavy (non-hydrogen) atoms. The van der Waals surface area contributed by atoms with Crippen LogP contribution in [-0.4, -0.2) is 30.3 Å². The van der Waals surface area contributed by atoms with E-state index >= 15 is 0 Å². The first-order chi connectivity index (χ1) is 5.18. The van der Waals surface area contributed by atoms with E-state index in [0.717, 1.165) is 38.4 Å². The molecule has 0 unspecified atom stereocenters. The second kappa shape index (κ2) is 5.55. The topological polar surface area (TPSA) is 20.3 Å². The van der Waals surface area contributed by atoms with E-state index in [-0.39, 0.29) is 12.4 Å². The zero-order valence-corrected chi connectivity index (χ0v) is 8.69. The molecule has 0 amide bonds. The molecule has 0 saturated carbocycles. The number of carbonyl (C=O) groups excluding carboxylic acids is 1. The predicted molar refractivity (Wildman–Crippen MR) is 52.8 cm³/mol. The number of nitrogens with zero attached hydrogens (tertiary/aromatic N) is 1. The SMILES string of the molecule is CC(C)CN1CCC(=O)CC1.Cl. The second-order valence-corrected chi connectivity index (χ2v) is 3.73. The summed E-state index contributed by atoms with van der Waals surface area (Å²) >= 11 is 0. The van der Waals surface area contributed by atoms with Gasteiger partial charge in [0.05, 0.1) is 0 Å². The highest BCUT2D eigenvalue weighted by atomic mass is 35.5. The van der Waals surface area contributed by atoms with Crippen LogP contribution in [0.1, 0.15) is 26.7 Å². The van der Waals surface area contributed by atoms with Gasteiger partial charge in [0.25, 0.3) is 0 Å². The molecule has 1 heterocycles. The molecular weight excluding hydrogens is 174 g/mol. The van der Waals surface area contributed by atoms with Crippen molar-refractivity contribution in [3.05, 3.63) is 0 Å². The molecular formula is C9H18ClNO. The summed E-state index contributed by atoms with van der Waals surface area (Å²) < 4.78 is 0. The number of hydrogen-bond donors (Lipinski definition) is 0. The fraction of sp³-hybridized carbons (Fsp3) is 0.889. The maximum absolute atomic E-state index is 10.9. The quantitative estimate of drug-likeness (QED) is 0.663. The van der Waals surface area contributed by atoms with Crippen LogP contribution in [0.4, 0.5) is 0 Å². The van der Waals surface area contributed by atoms with Gasteiger partial charge in [0.15, 0.2) is 0 Å². The number of halogens is 1. The lowest BCUT2D eigenvalue weighted by Crippen LogP contribution is -2.36. The van der Waals surface area contributed by atoms with Crippen LogP contribution in [0.5, 0.6) is 0 Å². The van der Waals surface area contributed by atoms with E-state index in [0.29, 0.717) is 5.78 Å². The lowest BCUT2D eigenvalue weighted by molar-refractivity contribution is -0.121. The van der Waals surface area contributed by atoms with Gasteiger partial charge in [0, 0.05) is 32.5 Å². The van der Waals surface area contributed by atoms with Gasteiger partial charge < -0.3 is 4.90 Å². The normalized spacial score (nSPS) is 19.4. The van der Waals surface area contributed by atoms with Crippen LogP contribution in [-0.2, 0) is 4.79 Å². The fourth-order valence-corrected chi connectivity index (χ4v) is 1.50. The number of rotatable bonds is 2. The van der Waals surface area contributed by atoms with Crippen molar-refractivity contribution in [2.75, 3.05) is 19.6 Å². The zero-order valence-electron chi connectivity index (χ0n) is 7.88. The highest BCUT2D eigenvalue weighted by Gasteiger charge is 2.15. The summed E-state index contributed by atoms with van der Waals surface area (Å²) in [5, 5.41) is 0. The molecule has 0 spiro atoms. The van der Waals surface area contributed by atoms with Crippen molar-refractivity contribution in [1.82, 2.24) is 4.90 Å². The Hall–Kier alpha value is -0.0800. The second-order valence-electron chi connectivity index (χ2n) is 3.73. The first kappa shape index (κ1) is 11.9. The van der Waals surface area contributed by atoms with Gasteiger partial charge in [0.2, 0.25) is 0 Å². The van der Waals surface area contributed by atoms with Crippen LogP contribution in [0.3, 0.4) is 0 Å². The van der Waals surface area contributed by atoms with Gasteiger partial charge in [-0.25, -0.2) is 0 Å². The van der Waals surface area contributed by atoms with Gasteiger partial charge in [-0.1, -0.05) is 13.8 Å². The summed E-state index contributed by atoms with van der Waals surface area (Å²) in [6.45, 7) is 7.55. The van der Waals surface area contributed by atoms with Crippen LogP contribution in [0.25, 0.3) is 0 Å². The predicted octanol–water partition coefficient (Wildman–Crippen LogP) is 1.73. The van der Waals surface area contributed by atoms with Crippen LogP contribution in [0.15, 0.2) is 0 Å². The van der Waals surface area contributed by atoms with Gasteiger partial charge in [-0.15, -0.1) is 12.4 Å². The molecule has 0 aromatic rings. The Kier molecular flexibility index (Phi) is 5.51. The van der Waals surface area contributed by atoms with Crippen molar-refractivity contribution < 1.29 is 4.79 Å². The van der Waals surface area contributed by atoms with Gasteiger partial charge >= 0.3 is 0 Å². The molecule has 0 atom stereocenters. The first-order valence-corrected chi connectivity index (χ1v) is 4.42. The van der Waals surface area contributed by atoms with Crippen LogP contribution >= 0.6 is 12.4 Å². The standard InChI is InChI=1S/C9H17NO.ClH/c1-8(2)7-10-5-3-9(11)4-6-10;/h8H,3-7H2,1-2H3;1H. The van der Waals surface area contributed by atoms with Crippen LogP contribution in [0.2, 0.25) is 0 Å². The average Bonchev–Trinajstić information content (AvgIpc) is 1.93. The Morgan fingerprint density at radius 1 is 1.33 bits per heavy atom. The molecule has 1 rings (SSSR count). The molecule has 1 fully saturated rings. The molecule has 0 aromatic heterocycles. The highest BCUT2D eigenvalue weighted by molar-refractivity contribution is 5.85. The fourth-order valence-electron chi connectivity index (χ4n) is 1.50. The van der Waals surface area contributed by atoms with Crippen molar-refractivity contribution in [1.29, 1.82) is 0 Å². The van der Waals surface area contributed by atoms with Gasteiger partial charge in [-0.2, -0.15) is 0 Å². The number of carbonyl (C=O) groups is 1. The third kappa shape index (κ3) is 4.07. The zero-order chi connectivity index (χ0) is 8.27. The molecule has 72 valence electrons. The number of Topliss-reactive ketones (excluding diaryl/α,β-unsaturated/α-hetero) is 1. The van der Waals surface area contributed by atoms with E-state index in [4.69, 9.17) is 0 Å². The van der Waals surface area contributed by atoms with Crippen molar-refractivity contribution in [3.63, 3.8) is 0 Å². The third-order valence-electron chi connectivity index (χ3n) is 2.04. The largest absolute Gasteiger partial charge is 0.302 e. The van der Waals surface area contributed by atoms with Crippen molar-refractivity contribution >= 4 is 18.2 Å². The smallest absolute Gasteiger partial charge is 0.135 e. The molecule has 2 nitrogen and oxygen atoms in total. The van der Waals surface area contributed by atoms with Crippen molar-refractivity contribution in [2.24, 2.45) is 5.92 Å². The molecule has 0 bridgehead atoms. The van der Waals surface area contributed by atoms with Gasteiger partial charge in [-0.3, -0.25) is 4.79 Å². The van der Waals surface area contributed by atoms with Gasteiger partial charge in [-0.05, 0) is 5.92 Å². The summed E-state index contributed by atoms with van der Waals surface area (Å²) in [5.41, 5.74) is 0. The lowest BCUT2D eigenvalue weighted by atomic mass is 10.1. The molecule has 1 saturated heterocycles. The van der Waals surface area contributed by atoms with Crippen molar-refractivity contribution in [3.8, 4) is 0 Å². The first-order valence-electron chi connectivity index (χ1n) is 4.42. The number of hydrogen-bond acceptors (Lipinski definition) is 2. The third-order valence-corrected chi connectivity index (χ3v) is 2.04. The molecule has 0 N–H and O–H groups in total. The Bertz CT molecular complexity index is 137. The molecule has 1 aliphatic heterocycles. The van der Waals surface area contributed by atoms with E-state index in [1.54, 1.807) is 0 Å². The molecule has 1 aliphatic rings. The van der Waals surface area contributed by atoms with Crippen molar-refractivity contribution in [2.45, 2.75) is 26.7 Å². The molecule has 0 aromatic carbocycles. The van der Waals surface area contributed by atoms with E-state index < -0.39 is 0 Å². The van der Waals surface area contributed by atoms with Crippen LogP contribution < -0.4 is 0 Å². The van der Waals surface area contributed by atoms with E-state index in [2.05, 4.69) is 18.7 Å². The number of piperidine rings is 1. The Morgan fingerprint density at radius 3 is 2.25 bits per heavy atom. The maximum Gasteiger partial charge on any atom is 0.135 e. The van der Waals surface area contributed by atoms with E-state index in [1.807, 2.05) is 0 Å². The van der Waals surface area contributed by atoms with Crippen LogP contribution in [0, 0.1) is 5.92 Å². The minimum Gasteiger partial charge on any atom is -0.302 e. The van der Waals surface area contributed by atoms with E-state index in [9.17, 15) is 4.79 Å². The summed E-state index contributed by atoms with van der Waals surface area (Å²) in [6, 6.07) is 0. The average molecular weight is 192 g/mol. The lowest BCUT2D eigenvalue weighted by Gasteiger charge is -2.27. The highest BCUT2D eigenvalue weighted by Crippen LogP contribution is 2.07. The van der Waals surface area contributed by atoms with E-state index in [1.165, 1.54) is 0 Å². The Morgan fingerprint density at radius 2 is 1.83 bits per heavy atom. The summed E-state index contributed by atoms with van der Waals surface area (Å²) in [7, 11) is 0.